The third kappa shape index (κ3) is 1.30. The number of hydrogen-bond donors (Lipinski definition) is 0. The van der Waals surface area contributed by atoms with Crippen LogP contribution in [0.25, 0.3) is 10.8 Å². The van der Waals surface area contributed by atoms with Crippen molar-refractivity contribution in [2.45, 2.75) is 31.6 Å². The van der Waals surface area contributed by atoms with Crippen LogP contribution in [0, 0.1) is 5.92 Å². The summed E-state index contributed by atoms with van der Waals surface area (Å²) in [6.07, 6.45) is 3.99. The zero-order valence-electron chi connectivity index (χ0n) is 10.4. The molecule has 0 unspecified atom stereocenters. The van der Waals surface area contributed by atoms with Crippen molar-refractivity contribution in [2.24, 2.45) is 5.92 Å². The van der Waals surface area contributed by atoms with Gasteiger partial charge in [0.25, 0.3) is 0 Å². The van der Waals surface area contributed by atoms with Crippen molar-refractivity contribution in [3.8, 4) is 0 Å². The van der Waals surface area contributed by atoms with E-state index in [9.17, 15) is 4.79 Å². The van der Waals surface area contributed by atoms with Crippen LogP contribution in [0.15, 0.2) is 36.4 Å². The molecule has 0 saturated heterocycles. The SMILES string of the molecule is O=C1CC[C@H]2c3ccc4ccccc4c3CC[C@H]12. The van der Waals surface area contributed by atoms with Crippen LogP contribution in [0.5, 0.6) is 0 Å². The Kier molecular flexibility index (Phi) is 2.11. The molecule has 0 spiro atoms. The summed E-state index contributed by atoms with van der Waals surface area (Å²) in [5, 5.41) is 2.73. The first-order chi connectivity index (χ1) is 8.84. The zero-order valence-corrected chi connectivity index (χ0v) is 10.4. The van der Waals surface area contributed by atoms with Gasteiger partial charge in [-0.1, -0.05) is 36.4 Å². The molecule has 2 atom stereocenters. The van der Waals surface area contributed by atoms with E-state index in [1.165, 1.54) is 21.9 Å². The lowest BCUT2D eigenvalue weighted by atomic mass is 9.75. The van der Waals surface area contributed by atoms with Crippen molar-refractivity contribution in [3.05, 3.63) is 47.5 Å². The molecule has 0 radical (unpaired) electrons. The standard InChI is InChI=1S/C17H16O/c18-17-10-9-15-14-6-5-11-3-1-2-4-12(11)13(14)7-8-16(15)17/h1-6,15-16H,7-10H2/t15-,16-/m0/s1. The van der Waals surface area contributed by atoms with Gasteiger partial charge in [0.2, 0.25) is 0 Å². The average Bonchev–Trinajstić information content (AvgIpc) is 2.80. The van der Waals surface area contributed by atoms with Crippen LogP contribution in [0.3, 0.4) is 0 Å². The van der Waals surface area contributed by atoms with Gasteiger partial charge in [0.15, 0.2) is 0 Å². The van der Waals surface area contributed by atoms with Gasteiger partial charge in [-0.3, -0.25) is 4.79 Å². The van der Waals surface area contributed by atoms with Crippen molar-refractivity contribution in [2.75, 3.05) is 0 Å². The maximum absolute atomic E-state index is 11.9. The van der Waals surface area contributed by atoms with Crippen molar-refractivity contribution in [1.29, 1.82) is 0 Å². The van der Waals surface area contributed by atoms with Gasteiger partial charge >= 0.3 is 0 Å². The minimum atomic E-state index is 0.318. The predicted molar refractivity (Wildman–Crippen MR) is 72.7 cm³/mol. The number of carbonyl (C=O) groups excluding carboxylic acids is 1. The molecule has 2 aromatic rings. The summed E-state index contributed by atoms with van der Waals surface area (Å²) in [5.74, 6) is 1.32. The highest BCUT2D eigenvalue weighted by atomic mass is 16.1. The molecular weight excluding hydrogens is 220 g/mol. The Bertz CT molecular complexity index is 641. The van der Waals surface area contributed by atoms with Crippen LogP contribution >= 0.6 is 0 Å². The summed E-state index contributed by atoms with van der Waals surface area (Å²) in [6, 6.07) is 13.1. The van der Waals surface area contributed by atoms with E-state index >= 15 is 0 Å². The van der Waals surface area contributed by atoms with Gasteiger partial charge in [0, 0.05) is 12.3 Å². The van der Waals surface area contributed by atoms with E-state index in [-0.39, 0.29) is 0 Å². The van der Waals surface area contributed by atoms with Crippen LogP contribution in [0.1, 0.15) is 36.3 Å². The van der Waals surface area contributed by atoms with E-state index in [1.807, 2.05) is 0 Å². The Hall–Kier alpha value is -1.63. The molecule has 1 fully saturated rings. The molecule has 1 saturated carbocycles. The summed E-state index contributed by atoms with van der Waals surface area (Å²) in [5.41, 5.74) is 2.96. The molecule has 1 nitrogen and oxygen atoms in total. The molecule has 0 amide bonds. The molecular formula is C17H16O. The number of aryl methyl sites for hydroxylation is 1. The third-order valence-corrected chi connectivity index (χ3v) is 4.78. The van der Waals surface area contributed by atoms with Gasteiger partial charge in [-0.25, -0.2) is 0 Å². The fraction of sp³-hybridized carbons (Fsp3) is 0.353. The summed E-state index contributed by atoms with van der Waals surface area (Å²) in [7, 11) is 0. The van der Waals surface area contributed by atoms with Crippen LogP contribution in [-0.2, 0) is 11.2 Å². The van der Waals surface area contributed by atoms with Gasteiger partial charge in [0.05, 0.1) is 0 Å². The molecule has 2 aliphatic rings. The van der Waals surface area contributed by atoms with Gasteiger partial charge in [-0.2, -0.15) is 0 Å². The van der Waals surface area contributed by atoms with Crippen molar-refractivity contribution >= 4 is 16.6 Å². The van der Waals surface area contributed by atoms with Crippen LogP contribution in [-0.4, -0.2) is 5.78 Å². The fourth-order valence-corrected chi connectivity index (χ4v) is 3.92. The first-order valence-corrected chi connectivity index (χ1v) is 6.88. The second-order valence-corrected chi connectivity index (χ2v) is 5.61. The number of fused-ring (bicyclic) bond motifs is 5. The smallest absolute Gasteiger partial charge is 0.136 e. The highest BCUT2D eigenvalue weighted by molar-refractivity contribution is 5.90. The molecule has 2 aliphatic carbocycles. The first-order valence-electron chi connectivity index (χ1n) is 6.88. The highest BCUT2D eigenvalue weighted by Gasteiger charge is 2.39. The lowest BCUT2D eigenvalue weighted by molar-refractivity contribution is -0.121. The predicted octanol–water partition coefficient (Wildman–Crippen LogP) is 3.85. The lowest BCUT2D eigenvalue weighted by Crippen LogP contribution is -2.20. The normalized spacial score (nSPS) is 26.1. The summed E-state index contributed by atoms with van der Waals surface area (Å²) in [4.78, 5) is 11.9. The van der Waals surface area contributed by atoms with Gasteiger partial charge in [-0.05, 0) is 47.1 Å². The molecule has 2 aromatic carbocycles. The zero-order chi connectivity index (χ0) is 12.1. The van der Waals surface area contributed by atoms with Crippen molar-refractivity contribution in [1.82, 2.24) is 0 Å². The Labute approximate surface area is 107 Å². The van der Waals surface area contributed by atoms with Crippen LogP contribution in [0.4, 0.5) is 0 Å². The van der Waals surface area contributed by atoms with Crippen molar-refractivity contribution in [3.63, 3.8) is 0 Å². The molecule has 0 aromatic heterocycles. The maximum Gasteiger partial charge on any atom is 0.136 e. The molecule has 0 N–H and O–H groups in total. The minimum absolute atomic E-state index is 0.318. The van der Waals surface area contributed by atoms with E-state index in [2.05, 4.69) is 36.4 Å². The Morgan fingerprint density at radius 1 is 0.889 bits per heavy atom. The van der Waals surface area contributed by atoms with E-state index in [4.69, 9.17) is 0 Å². The topological polar surface area (TPSA) is 17.1 Å². The molecule has 18 heavy (non-hydrogen) atoms. The second-order valence-electron chi connectivity index (χ2n) is 5.61. The Morgan fingerprint density at radius 3 is 2.67 bits per heavy atom. The fourth-order valence-electron chi connectivity index (χ4n) is 3.92. The number of hydrogen-bond acceptors (Lipinski definition) is 1. The van der Waals surface area contributed by atoms with E-state index < -0.39 is 0 Å². The molecule has 1 heteroatoms. The number of Topliss-reactive ketones (excluding diaryl/α,β-unsaturated/α-hetero) is 1. The van der Waals surface area contributed by atoms with Gasteiger partial charge < -0.3 is 0 Å². The quantitative estimate of drug-likeness (QED) is 0.679. The molecule has 0 aliphatic heterocycles. The minimum Gasteiger partial charge on any atom is -0.299 e. The van der Waals surface area contributed by atoms with E-state index in [0.717, 1.165) is 25.7 Å². The molecule has 0 bridgehead atoms. The average molecular weight is 236 g/mol. The Balaban J connectivity index is 1.94. The lowest BCUT2D eigenvalue weighted by Gasteiger charge is -2.28. The van der Waals surface area contributed by atoms with Crippen LogP contribution < -0.4 is 0 Å². The van der Waals surface area contributed by atoms with E-state index in [1.54, 1.807) is 0 Å². The molecule has 0 heterocycles. The second kappa shape index (κ2) is 3.68. The van der Waals surface area contributed by atoms with E-state index in [0.29, 0.717) is 17.6 Å². The summed E-state index contributed by atoms with van der Waals surface area (Å²) in [6.45, 7) is 0. The number of ketones is 1. The monoisotopic (exact) mass is 236 g/mol. The highest BCUT2D eigenvalue weighted by Crippen LogP contribution is 2.46. The summed E-state index contributed by atoms with van der Waals surface area (Å²) < 4.78 is 0. The molecule has 4 rings (SSSR count). The molecule has 90 valence electrons. The van der Waals surface area contributed by atoms with Crippen molar-refractivity contribution < 1.29 is 4.79 Å². The number of carbonyl (C=O) groups is 1. The first kappa shape index (κ1) is 10.3. The van der Waals surface area contributed by atoms with Gasteiger partial charge in [-0.15, -0.1) is 0 Å². The summed E-state index contributed by atoms with van der Waals surface area (Å²) >= 11 is 0. The largest absolute Gasteiger partial charge is 0.299 e. The Morgan fingerprint density at radius 2 is 1.72 bits per heavy atom. The number of benzene rings is 2. The third-order valence-electron chi connectivity index (χ3n) is 4.78. The number of rotatable bonds is 0. The maximum atomic E-state index is 11.9. The van der Waals surface area contributed by atoms with Crippen LogP contribution in [0.2, 0.25) is 0 Å². The van der Waals surface area contributed by atoms with Gasteiger partial charge in [0.1, 0.15) is 5.78 Å².